The van der Waals surface area contributed by atoms with E-state index in [2.05, 4.69) is 17.0 Å². The molecule has 1 aliphatic rings. The molecule has 0 unspecified atom stereocenters. The zero-order valence-electron chi connectivity index (χ0n) is 11.7. The fourth-order valence-electron chi connectivity index (χ4n) is 3.24. The van der Waals surface area contributed by atoms with Gasteiger partial charge >= 0.3 is 5.97 Å². The predicted molar refractivity (Wildman–Crippen MR) is 80.3 cm³/mol. The van der Waals surface area contributed by atoms with Crippen molar-refractivity contribution >= 4 is 16.7 Å². The van der Waals surface area contributed by atoms with E-state index >= 15 is 0 Å². The lowest BCUT2D eigenvalue weighted by molar-refractivity contribution is 0.0697. The molecule has 1 aliphatic carbocycles. The quantitative estimate of drug-likeness (QED) is 0.865. The van der Waals surface area contributed by atoms with Gasteiger partial charge < -0.3 is 9.67 Å². The van der Waals surface area contributed by atoms with Crippen molar-refractivity contribution < 1.29 is 9.90 Å². The summed E-state index contributed by atoms with van der Waals surface area (Å²) in [5.74, 6) is -0.856. The summed E-state index contributed by atoms with van der Waals surface area (Å²) in [6.45, 7) is 0. The van der Waals surface area contributed by atoms with Gasteiger partial charge in [-0.2, -0.15) is 0 Å². The summed E-state index contributed by atoms with van der Waals surface area (Å²) in [7, 11) is 0. The molecule has 0 radical (unpaired) electrons. The Labute approximate surface area is 119 Å². The molecule has 0 spiro atoms. The van der Waals surface area contributed by atoms with Crippen LogP contribution in [0.4, 0.5) is 0 Å². The summed E-state index contributed by atoms with van der Waals surface area (Å²) in [4.78, 5) is 11.0. The third-order valence-corrected chi connectivity index (χ3v) is 4.41. The molecule has 1 saturated carbocycles. The summed E-state index contributed by atoms with van der Waals surface area (Å²) in [6, 6.07) is 5.96. The molecule has 0 saturated heterocycles. The third kappa shape index (κ3) is 2.72. The third-order valence-electron chi connectivity index (χ3n) is 4.41. The lowest BCUT2D eigenvalue weighted by Crippen LogP contribution is -2.08. The van der Waals surface area contributed by atoms with Crippen LogP contribution in [0.1, 0.15) is 61.3 Å². The van der Waals surface area contributed by atoms with E-state index in [1.54, 1.807) is 12.1 Å². The van der Waals surface area contributed by atoms with E-state index in [-0.39, 0.29) is 0 Å². The number of fused-ring (bicyclic) bond motifs is 1. The van der Waals surface area contributed by atoms with Crippen molar-refractivity contribution in [3.63, 3.8) is 0 Å². The van der Waals surface area contributed by atoms with Gasteiger partial charge in [0.15, 0.2) is 0 Å². The first-order valence-corrected chi connectivity index (χ1v) is 7.58. The molecule has 1 heterocycles. The van der Waals surface area contributed by atoms with Gasteiger partial charge in [-0.3, -0.25) is 0 Å². The fourth-order valence-corrected chi connectivity index (χ4v) is 3.24. The van der Waals surface area contributed by atoms with Gasteiger partial charge in [0.1, 0.15) is 0 Å². The van der Waals surface area contributed by atoms with Crippen molar-refractivity contribution in [3.05, 3.63) is 36.2 Å². The highest BCUT2D eigenvalue weighted by molar-refractivity contribution is 5.94. The molecular weight excluding hydrogens is 250 g/mol. The van der Waals surface area contributed by atoms with Crippen LogP contribution >= 0.6 is 0 Å². The summed E-state index contributed by atoms with van der Waals surface area (Å²) in [5.41, 5.74) is 0.368. The highest BCUT2D eigenvalue weighted by Crippen LogP contribution is 2.29. The van der Waals surface area contributed by atoms with Crippen LogP contribution in [0.5, 0.6) is 0 Å². The highest BCUT2D eigenvalue weighted by Gasteiger charge is 2.14. The molecule has 3 nitrogen and oxygen atoms in total. The molecule has 106 valence electrons. The summed E-state index contributed by atoms with van der Waals surface area (Å²) in [6.07, 6.45) is 13.5. The van der Waals surface area contributed by atoms with Crippen LogP contribution in [-0.4, -0.2) is 15.6 Å². The molecule has 2 aromatic rings. The SMILES string of the molecule is O=C(O)c1ccc2cn(C3CCCCCCC3)cc2c1. The fraction of sp³-hybridized carbons (Fsp3) is 0.471. The maximum absolute atomic E-state index is 11.0. The van der Waals surface area contributed by atoms with Crippen LogP contribution in [0.25, 0.3) is 10.8 Å². The molecule has 0 aliphatic heterocycles. The highest BCUT2D eigenvalue weighted by atomic mass is 16.4. The maximum atomic E-state index is 11.0. The van der Waals surface area contributed by atoms with Crippen molar-refractivity contribution in [1.82, 2.24) is 4.57 Å². The summed E-state index contributed by atoms with van der Waals surface area (Å²) >= 11 is 0. The van der Waals surface area contributed by atoms with E-state index in [1.165, 1.54) is 44.9 Å². The average molecular weight is 271 g/mol. The van der Waals surface area contributed by atoms with Crippen molar-refractivity contribution in [2.45, 2.75) is 51.0 Å². The van der Waals surface area contributed by atoms with Crippen molar-refractivity contribution in [2.24, 2.45) is 0 Å². The summed E-state index contributed by atoms with van der Waals surface area (Å²) < 4.78 is 2.31. The van der Waals surface area contributed by atoms with Crippen molar-refractivity contribution in [1.29, 1.82) is 0 Å². The standard InChI is InChI=1S/C17H21NO2/c19-17(20)13-8-9-14-11-18(12-15(14)10-13)16-6-4-2-1-3-5-7-16/h8-12,16H,1-7H2,(H,19,20). The molecule has 20 heavy (non-hydrogen) atoms. The number of hydrogen-bond acceptors (Lipinski definition) is 1. The molecule has 0 amide bonds. The number of aromatic carboxylic acids is 1. The van der Waals surface area contributed by atoms with E-state index in [0.29, 0.717) is 11.6 Å². The molecule has 1 fully saturated rings. The minimum atomic E-state index is -0.856. The molecular formula is C17H21NO2. The van der Waals surface area contributed by atoms with Gasteiger partial charge in [0, 0.05) is 23.8 Å². The number of hydrogen-bond donors (Lipinski definition) is 1. The molecule has 1 N–H and O–H groups in total. The van der Waals surface area contributed by atoms with Crippen LogP contribution < -0.4 is 0 Å². The lowest BCUT2D eigenvalue weighted by atomic mass is 9.97. The van der Waals surface area contributed by atoms with Crippen LogP contribution in [0.15, 0.2) is 30.6 Å². The topological polar surface area (TPSA) is 42.2 Å². The Kier molecular flexibility index (Phi) is 3.77. The first-order chi connectivity index (χ1) is 9.74. The monoisotopic (exact) mass is 271 g/mol. The Balaban J connectivity index is 1.89. The van der Waals surface area contributed by atoms with E-state index in [9.17, 15) is 4.79 Å². The number of carboxylic acids is 1. The molecule has 3 rings (SSSR count). The molecule has 1 aromatic carbocycles. The van der Waals surface area contributed by atoms with Crippen LogP contribution in [0, 0.1) is 0 Å². The van der Waals surface area contributed by atoms with Crippen molar-refractivity contribution in [3.8, 4) is 0 Å². The van der Waals surface area contributed by atoms with Gasteiger partial charge in [-0.15, -0.1) is 0 Å². The van der Waals surface area contributed by atoms with Gasteiger partial charge in [0.25, 0.3) is 0 Å². The van der Waals surface area contributed by atoms with Gasteiger partial charge in [0.05, 0.1) is 5.56 Å². The second-order valence-electron chi connectivity index (χ2n) is 5.85. The first kappa shape index (κ1) is 13.2. The molecule has 3 heteroatoms. The number of aromatic nitrogens is 1. The van der Waals surface area contributed by atoms with Crippen LogP contribution in [-0.2, 0) is 0 Å². The molecule has 1 aromatic heterocycles. The number of nitrogens with zero attached hydrogens (tertiary/aromatic N) is 1. The maximum Gasteiger partial charge on any atom is 0.335 e. The van der Waals surface area contributed by atoms with E-state index < -0.39 is 5.97 Å². The Hall–Kier alpha value is -1.77. The van der Waals surface area contributed by atoms with E-state index in [1.807, 2.05) is 6.07 Å². The Bertz CT molecular complexity index is 606. The van der Waals surface area contributed by atoms with Gasteiger partial charge in [-0.05, 0) is 30.4 Å². The number of rotatable bonds is 2. The zero-order valence-corrected chi connectivity index (χ0v) is 11.7. The number of carbonyl (C=O) groups is 1. The summed E-state index contributed by atoms with van der Waals surface area (Å²) in [5, 5.41) is 11.2. The van der Waals surface area contributed by atoms with Gasteiger partial charge in [-0.25, -0.2) is 4.79 Å². The van der Waals surface area contributed by atoms with Crippen LogP contribution in [0.3, 0.4) is 0 Å². The minimum absolute atomic E-state index is 0.368. The second kappa shape index (κ2) is 5.70. The Morgan fingerprint density at radius 2 is 1.65 bits per heavy atom. The minimum Gasteiger partial charge on any atom is -0.478 e. The van der Waals surface area contributed by atoms with Crippen molar-refractivity contribution in [2.75, 3.05) is 0 Å². The smallest absolute Gasteiger partial charge is 0.335 e. The molecule has 0 atom stereocenters. The number of benzene rings is 1. The first-order valence-electron chi connectivity index (χ1n) is 7.58. The Morgan fingerprint density at radius 3 is 2.35 bits per heavy atom. The normalized spacial score (nSPS) is 17.8. The van der Waals surface area contributed by atoms with Crippen LogP contribution in [0.2, 0.25) is 0 Å². The van der Waals surface area contributed by atoms with Gasteiger partial charge in [-0.1, -0.05) is 38.2 Å². The lowest BCUT2D eigenvalue weighted by Gasteiger charge is -2.21. The average Bonchev–Trinajstić information content (AvgIpc) is 2.80. The van der Waals surface area contributed by atoms with E-state index in [4.69, 9.17) is 5.11 Å². The second-order valence-corrected chi connectivity index (χ2v) is 5.85. The largest absolute Gasteiger partial charge is 0.478 e. The molecule has 0 bridgehead atoms. The Morgan fingerprint density at radius 1 is 1.00 bits per heavy atom. The zero-order chi connectivity index (χ0) is 13.9. The predicted octanol–water partition coefficient (Wildman–Crippen LogP) is 4.62. The van der Waals surface area contributed by atoms with E-state index in [0.717, 1.165) is 10.8 Å². The number of carboxylic acid groups (broad SMARTS) is 1. The van der Waals surface area contributed by atoms with Gasteiger partial charge in [0.2, 0.25) is 0 Å².